The van der Waals surface area contributed by atoms with Gasteiger partial charge in [-0.2, -0.15) is 5.26 Å². The summed E-state index contributed by atoms with van der Waals surface area (Å²) in [5, 5.41) is 8.77. The van der Waals surface area contributed by atoms with Crippen LogP contribution in [0.1, 0.15) is 5.56 Å². The highest BCUT2D eigenvalue weighted by atomic mass is 16.5. The van der Waals surface area contributed by atoms with E-state index in [1.54, 1.807) is 0 Å². The molecule has 1 aliphatic heterocycles. The van der Waals surface area contributed by atoms with Crippen molar-refractivity contribution in [2.75, 3.05) is 45.2 Å². The largest absolute Gasteiger partial charge is 0.374 e. The van der Waals surface area contributed by atoms with Crippen molar-refractivity contribution in [3.63, 3.8) is 0 Å². The molecular formula is C14H19N3O. The number of nitrogens with zero attached hydrogens (tertiary/aromatic N) is 3. The number of nitriles is 1. The first-order valence-electron chi connectivity index (χ1n) is 6.20. The molecule has 96 valence electrons. The van der Waals surface area contributed by atoms with Gasteiger partial charge in [-0.3, -0.25) is 0 Å². The second kappa shape index (κ2) is 5.85. The zero-order chi connectivity index (χ0) is 13.0. The molecule has 0 amide bonds. The highest BCUT2D eigenvalue weighted by Crippen LogP contribution is 2.15. The first-order chi connectivity index (χ1) is 8.69. The van der Waals surface area contributed by atoms with Crippen LogP contribution in [0.15, 0.2) is 24.3 Å². The van der Waals surface area contributed by atoms with E-state index in [0.29, 0.717) is 5.56 Å². The molecule has 1 fully saturated rings. The molecule has 1 saturated heterocycles. The third-order valence-electron chi connectivity index (χ3n) is 3.26. The average Bonchev–Trinajstić information content (AvgIpc) is 2.39. The standard InChI is InChI=1S/C14H19N3O/c1-16-7-8-18-14(10-16)11-17(2)13-5-3-12(9-15)4-6-13/h3-6,14H,7-8,10-11H2,1-2H3. The molecule has 1 heterocycles. The Hall–Kier alpha value is -1.57. The Morgan fingerprint density at radius 3 is 2.78 bits per heavy atom. The second-order valence-electron chi connectivity index (χ2n) is 4.79. The maximum Gasteiger partial charge on any atom is 0.0991 e. The van der Waals surface area contributed by atoms with Crippen molar-refractivity contribution >= 4 is 5.69 Å². The summed E-state index contributed by atoms with van der Waals surface area (Å²) in [5.41, 5.74) is 1.81. The first kappa shape index (κ1) is 12.9. The van der Waals surface area contributed by atoms with Crippen LogP contribution in [0.2, 0.25) is 0 Å². The van der Waals surface area contributed by atoms with Gasteiger partial charge in [0.1, 0.15) is 0 Å². The molecule has 1 aromatic carbocycles. The first-order valence-corrected chi connectivity index (χ1v) is 6.20. The van der Waals surface area contributed by atoms with Crippen LogP contribution in [0.5, 0.6) is 0 Å². The summed E-state index contributed by atoms with van der Waals surface area (Å²) in [6, 6.07) is 9.78. The number of anilines is 1. The van der Waals surface area contributed by atoms with Crippen LogP contribution in [-0.4, -0.2) is 51.3 Å². The highest BCUT2D eigenvalue weighted by molar-refractivity contribution is 5.49. The Balaban J connectivity index is 1.94. The fraction of sp³-hybridized carbons (Fsp3) is 0.500. The van der Waals surface area contributed by atoms with Crippen molar-refractivity contribution in [1.82, 2.24) is 4.90 Å². The molecule has 0 aromatic heterocycles. The molecule has 0 aliphatic carbocycles. The molecule has 1 atom stereocenters. The van der Waals surface area contributed by atoms with E-state index < -0.39 is 0 Å². The summed E-state index contributed by atoms with van der Waals surface area (Å²) in [6.45, 7) is 3.66. The summed E-state index contributed by atoms with van der Waals surface area (Å²) in [4.78, 5) is 4.46. The molecule has 1 aliphatic rings. The van der Waals surface area contributed by atoms with E-state index in [0.717, 1.165) is 31.9 Å². The molecule has 1 unspecified atom stereocenters. The average molecular weight is 245 g/mol. The van der Waals surface area contributed by atoms with Gasteiger partial charge in [-0.25, -0.2) is 0 Å². The van der Waals surface area contributed by atoms with Crippen LogP contribution in [0.25, 0.3) is 0 Å². The lowest BCUT2D eigenvalue weighted by atomic mass is 10.2. The van der Waals surface area contributed by atoms with Gasteiger partial charge < -0.3 is 14.5 Å². The number of rotatable bonds is 3. The van der Waals surface area contributed by atoms with Crippen LogP contribution in [0, 0.1) is 11.3 Å². The minimum atomic E-state index is 0.254. The summed E-state index contributed by atoms with van der Waals surface area (Å²) in [7, 11) is 4.18. The smallest absolute Gasteiger partial charge is 0.0991 e. The SMILES string of the molecule is CN1CCOC(CN(C)c2ccc(C#N)cc2)C1. The summed E-state index contributed by atoms with van der Waals surface area (Å²) in [5.74, 6) is 0. The number of hydrogen-bond acceptors (Lipinski definition) is 4. The van der Waals surface area contributed by atoms with Crippen LogP contribution < -0.4 is 4.90 Å². The molecule has 2 rings (SSSR count). The van der Waals surface area contributed by atoms with Crippen LogP contribution in [0.4, 0.5) is 5.69 Å². The fourth-order valence-electron chi connectivity index (χ4n) is 2.18. The van der Waals surface area contributed by atoms with Gasteiger partial charge in [0.05, 0.1) is 24.3 Å². The molecular weight excluding hydrogens is 226 g/mol. The normalized spacial score (nSPS) is 20.4. The van der Waals surface area contributed by atoms with Crippen molar-refractivity contribution < 1.29 is 4.74 Å². The zero-order valence-corrected chi connectivity index (χ0v) is 11.0. The van der Waals surface area contributed by atoms with Gasteiger partial charge in [0.15, 0.2) is 0 Å². The van der Waals surface area contributed by atoms with E-state index in [-0.39, 0.29) is 6.10 Å². The topological polar surface area (TPSA) is 39.5 Å². The molecule has 18 heavy (non-hydrogen) atoms. The predicted molar refractivity (Wildman–Crippen MR) is 71.7 cm³/mol. The maximum atomic E-state index is 8.77. The number of likely N-dealkylation sites (N-methyl/N-ethyl adjacent to an activating group) is 2. The van der Waals surface area contributed by atoms with E-state index in [1.807, 2.05) is 24.3 Å². The van der Waals surface area contributed by atoms with Crippen molar-refractivity contribution in [2.24, 2.45) is 0 Å². The summed E-state index contributed by atoms with van der Waals surface area (Å²) in [6.07, 6.45) is 0.254. The Labute approximate surface area is 108 Å². The van der Waals surface area contributed by atoms with E-state index in [2.05, 4.69) is 30.0 Å². The lowest BCUT2D eigenvalue weighted by Gasteiger charge is -2.33. The fourth-order valence-corrected chi connectivity index (χ4v) is 2.18. The number of ether oxygens (including phenoxy) is 1. The monoisotopic (exact) mass is 245 g/mol. The highest BCUT2D eigenvalue weighted by Gasteiger charge is 2.19. The van der Waals surface area contributed by atoms with Crippen LogP contribution in [0.3, 0.4) is 0 Å². The Morgan fingerprint density at radius 2 is 2.17 bits per heavy atom. The van der Waals surface area contributed by atoms with Crippen molar-refractivity contribution in [3.05, 3.63) is 29.8 Å². The molecule has 0 bridgehead atoms. The number of morpholine rings is 1. The number of hydrogen-bond donors (Lipinski definition) is 0. The van der Waals surface area contributed by atoms with E-state index >= 15 is 0 Å². The van der Waals surface area contributed by atoms with Crippen molar-refractivity contribution in [1.29, 1.82) is 5.26 Å². The van der Waals surface area contributed by atoms with Crippen LogP contribution >= 0.6 is 0 Å². The van der Waals surface area contributed by atoms with E-state index in [9.17, 15) is 0 Å². The van der Waals surface area contributed by atoms with Gasteiger partial charge in [0.2, 0.25) is 0 Å². The Morgan fingerprint density at radius 1 is 1.44 bits per heavy atom. The third kappa shape index (κ3) is 3.22. The molecule has 1 aromatic rings. The second-order valence-corrected chi connectivity index (χ2v) is 4.79. The molecule has 0 radical (unpaired) electrons. The van der Waals surface area contributed by atoms with Gasteiger partial charge in [-0.1, -0.05) is 0 Å². The van der Waals surface area contributed by atoms with Gasteiger partial charge in [0.25, 0.3) is 0 Å². The molecule has 0 saturated carbocycles. The summed E-state index contributed by atoms with van der Waals surface area (Å²) < 4.78 is 5.75. The quantitative estimate of drug-likeness (QED) is 0.805. The van der Waals surface area contributed by atoms with Gasteiger partial charge >= 0.3 is 0 Å². The van der Waals surface area contributed by atoms with Gasteiger partial charge in [0, 0.05) is 32.4 Å². The Bertz CT molecular complexity index is 424. The van der Waals surface area contributed by atoms with E-state index in [1.165, 1.54) is 0 Å². The lowest BCUT2D eigenvalue weighted by molar-refractivity contribution is -0.0143. The minimum Gasteiger partial charge on any atom is -0.374 e. The van der Waals surface area contributed by atoms with Crippen molar-refractivity contribution in [2.45, 2.75) is 6.10 Å². The van der Waals surface area contributed by atoms with Gasteiger partial charge in [-0.05, 0) is 31.3 Å². The van der Waals surface area contributed by atoms with Crippen LogP contribution in [-0.2, 0) is 4.74 Å². The van der Waals surface area contributed by atoms with Gasteiger partial charge in [-0.15, -0.1) is 0 Å². The third-order valence-corrected chi connectivity index (χ3v) is 3.26. The predicted octanol–water partition coefficient (Wildman–Crippen LogP) is 1.33. The lowest BCUT2D eigenvalue weighted by Crippen LogP contribution is -2.45. The Kier molecular flexibility index (Phi) is 4.19. The summed E-state index contributed by atoms with van der Waals surface area (Å²) >= 11 is 0. The molecule has 0 spiro atoms. The van der Waals surface area contributed by atoms with Crippen molar-refractivity contribution in [3.8, 4) is 6.07 Å². The maximum absolute atomic E-state index is 8.77. The molecule has 0 N–H and O–H groups in total. The number of benzene rings is 1. The minimum absolute atomic E-state index is 0.254. The molecule has 4 nitrogen and oxygen atoms in total. The molecule has 4 heteroatoms. The zero-order valence-electron chi connectivity index (χ0n) is 11.0. The van der Waals surface area contributed by atoms with E-state index in [4.69, 9.17) is 10.00 Å².